The maximum Gasteiger partial charge on any atom is 0.325 e. The predicted molar refractivity (Wildman–Crippen MR) is 101 cm³/mol. The van der Waals surface area contributed by atoms with Crippen LogP contribution in [0.15, 0.2) is 42.5 Å². The molecule has 3 amide bonds. The van der Waals surface area contributed by atoms with Crippen molar-refractivity contribution in [2.45, 2.75) is 12.5 Å². The minimum absolute atomic E-state index is 0.252. The molecule has 0 radical (unpaired) electrons. The number of benzene rings is 2. The van der Waals surface area contributed by atoms with Gasteiger partial charge in [0, 0.05) is 21.2 Å². The molecule has 1 N–H and O–H groups in total. The van der Waals surface area contributed by atoms with Crippen LogP contribution >= 0.6 is 23.2 Å². The maximum absolute atomic E-state index is 12.9. The average Bonchev–Trinajstić information content (AvgIpc) is 2.85. The molecule has 8 heteroatoms. The molecule has 140 valence electrons. The minimum atomic E-state index is -1.38. The lowest BCUT2D eigenvalue weighted by Gasteiger charge is -2.23. The molecule has 2 aromatic rings. The molecule has 0 aromatic heterocycles. The number of nitrogens with zero attached hydrogens (tertiary/aromatic N) is 1. The number of carbonyl (C=O) groups excluding carboxylic acids is 3. The van der Waals surface area contributed by atoms with E-state index < -0.39 is 17.5 Å². The van der Waals surface area contributed by atoms with Crippen molar-refractivity contribution in [2.75, 3.05) is 13.7 Å². The zero-order chi connectivity index (χ0) is 19.8. The van der Waals surface area contributed by atoms with E-state index in [1.165, 1.54) is 13.2 Å². The number of nitrogens with one attached hydrogen (secondary N) is 1. The number of hydrogen-bond acceptors (Lipinski definition) is 4. The summed E-state index contributed by atoms with van der Waals surface area (Å²) >= 11 is 12.1. The molecule has 0 unspecified atom stereocenters. The van der Waals surface area contributed by atoms with Crippen LogP contribution in [0.25, 0.3) is 0 Å². The van der Waals surface area contributed by atoms with Crippen LogP contribution in [0.3, 0.4) is 0 Å². The Hall–Kier alpha value is -2.57. The fourth-order valence-corrected chi connectivity index (χ4v) is 3.53. The van der Waals surface area contributed by atoms with Crippen molar-refractivity contribution < 1.29 is 19.1 Å². The second kappa shape index (κ2) is 7.21. The molecule has 1 heterocycles. The van der Waals surface area contributed by atoms with Gasteiger partial charge in [-0.15, -0.1) is 0 Å². The number of ketones is 1. The van der Waals surface area contributed by atoms with E-state index in [9.17, 15) is 14.4 Å². The monoisotopic (exact) mass is 406 g/mol. The number of ether oxygens (including phenoxy) is 1. The van der Waals surface area contributed by atoms with Crippen molar-refractivity contribution >= 4 is 40.9 Å². The predicted octanol–water partition coefficient (Wildman–Crippen LogP) is 3.65. The Morgan fingerprint density at radius 3 is 2.41 bits per heavy atom. The van der Waals surface area contributed by atoms with E-state index in [-0.39, 0.29) is 17.4 Å². The highest BCUT2D eigenvalue weighted by atomic mass is 35.5. The number of imide groups is 1. The quantitative estimate of drug-likeness (QED) is 0.607. The van der Waals surface area contributed by atoms with Crippen LogP contribution in [0.2, 0.25) is 10.0 Å². The first-order valence-electron chi connectivity index (χ1n) is 8.03. The number of rotatable bonds is 5. The van der Waals surface area contributed by atoms with Gasteiger partial charge in [0.2, 0.25) is 0 Å². The second-order valence-corrected chi connectivity index (χ2v) is 7.07. The number of amides is 3. The molecule has 1 atom stereocenters. The van der Waals surface area contributed by atoms with E-state index in [2.05, 4.69) is 5.32 Å². The zero-order valence-corrected chi connectivity index (χ0v) is 16.1. The van der Waals surface area contributed by atoms with E-state index in [1.54, 1.807) is 43.3 Å². The van der Waals surface area contributed by atoms with Gasteiger partial charge in [-0.2, -0.15) is 0 Å². The van der Waals surface area contributed by atoms with Crippen molar-refractivity contribution in [3.8, 4) is 5.75 Å². The number of urea groups is 1. The van der Waals surface area contributed by atoms with E-state index in [0.717, 1.165) is 4.90 Å². The Morgan fingerprint density at radius 2 is 1.81 bits per heavy atom. The van der Waals surface area contributed by atoms with E-state index >= 15 is 0 Å². The normalized spacial score (nSPS) is 19.2. The third kappa shape index (κ3) is 3.50. The molecular formula is C19H16Cl2N2O4. The third-order valence-corrected chi connectivity index (χ3v) is 5.01. The summed E-state index contributed by atoms with van der Waals surface area (Å²) in [6.07, 6.45) is 0. The smallest absolute Gasteiger partial charge is 0.325 e. The highest BCUT2D eigenvalue weighted by Crippen LogP contribution is 2.35. The van der Waals surface area contributed by atoms with Gasteiger partial charge < -0.3 is 10.1 Å². The molecule has 0 spiro atoms. The van der Waals surface area contributed by atoms with E-state index in [4.69, 9.17) is 27.9 Å². The van der Waals surface area contributed by atoms with Crippen molar-refractivity contribution in [1.82, 2.24) is 10.2 Å². The summed E-state index contributed by atoms with van der Waals surface area (Å²) in [4.78, 5) is 38.7. The SMILES string of the molecule is COc1ccc(C(=O)CN2C(=O)N[C@@](C)(c3ccc(Cl)cc3Cl)C2=O)cc1. The third-order valence-electron chi connectivity index (χ3n) is 4.46. The molecular weight excluding hydrogens is 391 g/mol. The van der Waals surface area contributed by atoms with Gasteiger partial charge in [-0.3, -0.25) is 14.5 Å². The summed E-state index contributed by atoms with van der Waals surface area (Å²) < 4.78 is 5.05. The van der Waals surface area contributed by atoms with Crippen LogP contribution in [0, 0.1) is 0 Å². The molecule has 1 fully saturated rings. The van der Waals surface area contributed by atoms with Gasteiger partial charge in [0.05, 0.1) is 13.7 Å². The number of methoxy groups -OCH3 is 1. The highest BCUT2D eigenvalue weighted by molar-refractivity contribution is 6.35. The van der Waals surface area contributed by atoms with Crippen LogP contribution in [0.1, 0.15) is 22.8 Å². The molecule has 2 aromatic carbocycles. The van der Waals surface area contributed by atoms with E-state index in [0.29, 0.717) is 21.9 Å². The summed E-state index contributed by atoms with van der Waals surface area (Å²) in [7, 11) is 1.52. The molecule has 0 bridgehead atoms. The van der Waals surface area contributed by atoms with Crippen molar-refractivity contribution in [3.63, 3.8) is 0 Å². The first-order chi connectivity index (χ1) is 12.8. The lowest BCUT2D eigenvalue weighted by atomic mass is 9.92. The summed E-state index contributed by atoms with van der Waals surface area (Å²) in [5, 5.41) is 3.28. The van der Waals surface area contributed by atoms with Crippen molar-refractivity contribution in [2.24, 2.45) is 0 Å². The first-order valence-corrected chi connectivity index (χ1v) is 8.79. The summed E-state index contributed by atoms with van der Waals surface area (Å²) in [6, 6.07) is 10.4. The molecule has 6 nitrogen and oxygen atoms in total. The summed E-state index contributed by atoms with van der Waals surface area (Å²) in [6.45, 7) is 1.16. The Bertz CT molecular complexity index is 930. The van der Waals surface area contributed by atoms with Crippen molar-refractivity contribution in [3.05, 3.63) is 63.6 Å². The van der Waals surface area contributed by atoms with Crippen molar-refractivity contribution in [1.29, 1.82) is 0 Å². The van der Waals surface area contributed by atoms with Gasteiger partial charge in [0.25, 0.3) is 5.91 Å². The lowest BCUT2D eigenvalue weighted by molar-refractivity contribution is -0.130. The Morgan fingerprint density at radius 1 is 1.15 bits per heavy atom. The number of Topliss-reactive ketones (excluding diaryl/α,β-unsaturated/α-hetero) is 1. The number of halogens is 2. The lowest BCUT2D eigenvalue weighted by Crippen LogP contribution is -2.41. The largest absolute Gasteiger partial charge is 0.497 e. The number of hydrogen-bond donors (Lipinski definition) is 1. The minimum Gasteiger partial charge on any atom is -0.497 e. The fraction of sp³-hybridized carbons (Fsp3) is 0.211. The Kier molecular flexibility index (Phi) is 5.13. The van der Waals surface area contributed by atoms with Crippen LogP contribution in [0.4, 0.5) is 4.79 Å². The van der Waals surface area contributed by atoms with Crippen LogP contribution in [-0.2, 0) is 10.3 Å². The second-order valence-electron chi connectivity index (χ2n) is 6.22. The molecule has 3 rings (SSSR count). The summed E-state index contributed by atoms with van der Waals surface area (Å²) in [5.41, 5.74) is -0.597. The maximum atomic E-state index is 12.9. The van der Waals surface area contributed by atoms with Crippen LogP contribution in [-0.4, -0.2) is 36.3 Å². The van der Waals surface area contributed by atoms with Gasteiger partial charge in [0.1, 0.15) is 11.3 Å². The standard InChI is InChI=1S/C19H16Cl2N2O4/c1-19(14-8-5-12(20)9-15(14)21)17(25)23(18(26)22-19)10-16(24)11-3-6-13(27-2)7-4-11/h3-9H,10H2,1-2H3,(H,22,26)/t19-/m0/s1. The Labute approximate surface area is 166 Å². The molecule has 0 aliphatic carbocycles. The molecule has 27 heavy (non-hydrogen) atoms. The van der Waals surface area contributed by atoms with Gasteiger partial charge in [-0.25, -0.2) is 4.79 Å². The molecule has 0 saturated carbocycles. The van der Waals surface area contributed by atoms with Crippen LogP contribution < -0.4 is 10.1 Å². The molecule has 1 saturated heterocycles. The van der Waals surface area contributed by atoms with Gasteiger partial charge in [0.15, 0.2) is 5.78 Å². The molecule has 1 aliphatic heterocycles. The fourth-order valence-electron chi connectivity index (χ4n) is 2.93. The first kappa shape index (κ1) is 19.2. The average molecular weight is 407 g/mol. The van der Waals surface area contributed by atoms with Gasteiger partial charge in [-0.1, -0.05) is 29.3 Å². The van der Waals surface area contributed by atoms with Gasteiger partial charge >= 0.3 is 6.03 Å². The van der Waals surface area contributed by atoms with Gasteiger partial charge in [-0.05, 0) is 43.3 Å². The zero-order valence-electron chi connectivity index (χ0n) is 14.6. The molecule has 1 aliphatic rings. The number of carbonyl (C=O) groups is 3. The Balaban J connectivity index is 1.84. The van der Waals surface area contributed by atoms with E-state index in [1.807, 2.05) is 0 Å². The van der Waals surface area contributed by atoms with Crippen LogP contribution in [0.5, 0.6) is 5.75 Å². The highest BCUT2D eigenvalue weighted by Gasteiger charge is 2.50. The topological polar surface area (TPSA) is 75.7 Å². The summed E-state index contributed by atoms with van der Waals surface area (Å²) in [5.74, 6) is -0.322.